The maximum atomic E-state index is 12.3. The first-order valence-electron chi connectivity index (χ1n) is 6.69. The normalized spacial score (nSPS) is 16.1. The molecule has 0 bridgehead atoms. The van der Waals surface area contributed by atoms with E-state index in [1.54, 1.807) is 18.2 Å². The van der Waals surface area contributed by atoms with E-state index in [9.17, 15) is 9.59 Å². The number of hydrogen-bond donors (Lipinski definition) is 1. The van der Waals surface area contributed by atoms with Crippen molar-refractivity contribution in [1.82, 2.24) is 4.90 Å². The van der Waals surface area contributed by atoms with Crippen molar-refractivity contribution in [3.05, 3.63) is 29.3 Å². The summed E-state index contributed by atoms with van der Waals surface area (Å²) in [7, 11) is 0. The fraction of sp³-hybridized carbons (Fsp3) is 0.467. The first-order valence-corrected chi connectivity index (χ1v) is 6.69. The molecule has 1 atom stereocenters. The number of nitrogen functional groups attached to an aromatic ring is 1. The van der Waals surface area contributed by atoms with Gasteiger partial charge in [-0.25, -0.2) is 0 Å². The zero-order chi connectivity index (χ0) is 14.2. The molecule has 1 unspecified atom stereocenters. The van der Waals surface area contributed by atoms with Crippen molar-refractivity contribution in [2.24, 2.45) is 5.92 Å². The molecule has 2 rings (SSSR count). The lowest BCUT2D eigenvalue weighted by Gasteiger charge is -2.23. The standard InChI is InChI=1S/C15H20N2O2/c1-9(2)7-8-10(3)17-14(18)11-5-4-6-12(16)13(11)15(17)19/h4-6,9-10H,7-8,16H2,1-3H3. The van der Waals surface area contributed by atoms with E-state index in [1.807, 2.05) is 6.92 Å². The molecule has 102 valence electrons. The summed E-state index contributed by atoms with van der Waals surface area (Å²) in [6, 6.07) is 4.95. The summed E-state index contributed by atoms with van der Waals surface area (Å²) in [6.07, 6.45) is 1.81. The first kappa shape index (κ1) is 13.6. The van der Waals surface area contributed by atoms with Crippen molar-refractivity contribution in [3.63, 3.8) is 0 Å². The second-order valence-corrected chi connectivity index (χ2v) is 5.57. The van der Waals surface area contributed by atoms with Crippen LogP contribution >= 0.6 is 0 Å². The number of nitrogens with zero attached hydrogens (tertiary/aromatic N) is 1. The third kappa shape index (κ3) is 2.35. The van der Waals surface area contributed by atoms with Crippen molar-refractivity contribution < 1.29 is 9.59 Å². The van der Waals surface area contributed by atoms with E-state index in [1.165, 1.54) is 4.90 Å². The van der Waals surface area contributed by atoms with Gasteiger partial charge in [0, 0.05) is 11.7 Å². The molecule has 2 N–H and O–H groups in total. The maximum absolute atomic E-state index is 12.3. The predicted octanol–water partition coefficient (Wildman–Crippen LogP) is 2.69. The van der Waals surface area contributed by atoms with Crippen LogP contribution in [-0.4, -0.2) is 22.8 Å². The molecule has 4 nitrogen and oxygen atoms in total. The summed E-state index contributed by atoms with van der Waals surface area (Å²) >= 11 is 0. The Kier molecular flexibility index (Phi) is 3.60. The molecule has 4 heteroatoms. The van der Waals surface area contributed by atoms with Gasteiger partial charge in [-0.05, 0) is 37.8 Å². The number of rotatable bonds is 4. The number of anilines is 1. The number of hydrogen-bond acceptors (Lipinski definition) is 3. The molecule has 0 spiro atoms. The van der Waals surface area contributed by atoms with Crippen LogP contribution < -0.4 is 5.73 Å². The van der Waals surface area contributed by atoms with Crippen LogP contribution in [0.5, 0.6) is 0 Å². The maximum Gasteiger partial charge on any atom is 0.263 e. The third-order valence-corrected chi connectivity index (χ3v) is 3.58. The molecule has 1 aliphatic heterocycles. The largest absolute Gasteiger partial charge is 0.398 e. The molecular weight excluding hydrogens is 240 g/mol. The lowest BCUT2D eigenvalue weighted by Crippen LogP contribution is -2.38. The van der Waals surface area contributed by atoms with Crippen LogP contribution in [0, 0.1) is 5.92 Å². The van der Waals surface area contributed by atoms with E-state index in [-0.39, 0.29) is 17.9 Å². The highest BCUT2D eigenvalue weighted by molar-refractivity contribution is 6.23. The monoisotopic (exact) mass is 260 g/mol. The zero-order valence-electron chi connectivity index (χ0n) is 11.6. The van der Waals surface area contributed by atoms with Crippen molar-refractivity contribution in [3.8, 4) is 0 Å². The second kappa shape index (κ2) is 5.03. The van der Waals surface area contributed by atoms with E-state index >= 15 is 0 Å². The smallest absolute Gasteiger partial charge is 0.263 e. The third-order valence-electron chi connectivity index (χ3n) is 3.58. The fourth-order valence-electron chi connectivity index (χ4n) is 2.43. The van der Waals surface area contributed by atoms with E-state index < -0.39 is 0 Å². The molecule has 19 heavy (non-hydrogen) atoms. The number of benzene rings is 1. The van der Waals surface area contributed by atoms with E-state index in [4.69, 9.17) is 5.73 Å². The van der Waals surface area contributed by atoms with E-state index in [2.05, 4.69) is 13.8 Å². The Morgan fingerprint density at radius 1 is 1.11 bits per heavy atom. The van der Waals surface area contributed by atoms with E-state index in [0.717, 1.165) is 12.8 Å². The highest BCUT2D eigenvalue weighted by Crippen LogP contribution is 2.30. The summed E-state index contributed by atoms with van der Waals surface area (Å²) in [5, 5.41) is 0. The Labute approximate surface area is 113 Å². The minimum atomic E-state index is -0.255. The lowest BCUT2D eigenvalue weighted by atomic mass is 10.0. The molecule has 2 amide bonds. The fourth-order valence-corrected chi connectivity index (χ4v) is 2.43. The molecule has 1 aromatic carbocycles. The molecule has 0 saturated heterocycles. The predicted molar refractivity (Wildman–Crippen MR) is 74.9 cm³/mol. The van der Waals surface area contributed by atoms with Gasteiger partial charge < -0.3 is 5.73 Å². The van der Waals surface area contributed by atoms with Crippen molar-refractivity contribution in [2.75, 3.05) is 5.73 Å². The number of carbonyl (C=O) groups excluding carboxylic acids is 2. The van der Waals surface area contributed by atoms with Crippen LogP contribution in [0.25, 0.3) is 0 Å². The topological polar surface area (TPSA) is 63.4 Å². The van der Waals surface area contributed by atoms with E-state index in [0.29, 0.717) is 22.7 Å². The van der Waals surface area contributed by atoms with Gasteiger partial charge in [0.15, 0.2) is 0 Å². The Balaban J connectivity index is 2.25. The highest BCUT2D eigenvalue weighted by Gasteiger charge is 2.39. The lowest BCUT2D eigenvalue weighted by molar-refractivity contribution is 0.0586. The van der Waals surface area contributed by atoms with Gasteiger partial charge in [0.1, 0.15) is 0 Å². The van der Waals surface area contributed by atoms with Gasteiger partial charge in [-0.2, -0.15) is 0 Å². The molecule has 0 aliphatic carbocycles. The van der Waals surface area contributed by atoms with Crippen molar-refractivity contribution >= 4 is 17.5 Å². The van der Waals surface area contributed by atoms with Crippen LogP contribution in [0.2, 0.25) is 0 Å². The van der Waals surface area contributed by atoms with Crippen molar-refractivity contribution in [1.29, 1.82) is 0 Å². The molecule has 1 heterocycles. The second-order valence-electron chi connectivity index (χ2n) is 5.57. The molecule has 1 aromatic rings. The summed E-state index contributed by atoms with van der Waals surface area (Å²) in [4.78, 5) is 26.0. The van der Waals surface area contributed by atoms with Gasteiger partial charge in [-0.1, -0.05) is 19.9 Å². The Morgan fingerprint density at radius 3 is 2.37 bits per heavy atom. The minimum Gasteiger partial charge on any atom is -0.398 e. The molecule has 0 radical (unpaired) electrons. The summed E-state index contributed by atoms with van der Waals surface area (Å²) in [6.45, 7) is 6.18. The molecule has 0 saturated carbocycles. The Bertz CT molecular complexity index is 523. The van der Waals surface area contributed by atoms with Gasteiger partial charge in [0.05, 0.1) is 11.1 Å². The van der Waals surface area contributed by atoms with Gasteiger partial charge >= 0.3 is 0 Å². The number of nitrogens with two attached hydrogens (primary N) is 1. The Hall–Kier alpha value is -1.84. The van der Waals surface area contributed by atoms with Crippen LogP contribution in [0.3, 0.4) is 0 Å². The first-order chi connectivity index (χ1) is 8.93. The number of imide groups is 1. The van der Waals surface area contributed by atoms with Gasteiger partial charge in [-0.15, -0.1) is 0 Å². The summed E-state index contributed by atoms with van der Waals surface area (Å²) < 4.78 is 0. The number of fused-ring (bicyclic) bond motifs is 1. The summed E-state index contributed by atoms with van der Waals surface area (Å²) in [5.74, 6) is 0.0839. The van der Waals surface area contributed by atoms with Gasteiger partial charge in [0.25, 0.3) is 11.8 Å². The van der Waals surface area contributed by atoms with Crippen LogP contribution in [-0.2, 0) is 0 Å². The summed E-state index contributed by atoms with van der Waals surface area (Å²) in [5.41, 5.74) is 6.99. The van der Waals surface area contributed by atoms with Crippen LogP contribution in [0.15, 0.2) is 18.2 Å². The Morgan fingerprint density at radius 2 is 1.79 bits per heavy atom. The minimum absolute atomic E-state index is 0.0887. The zero-order valence-corrected chi connectivity index (χ0v) is 11.6. The molecule has 0 fully saturated rings. The highest BCUT2D eigenvalue weighted by atomic mass is 16.2. The average molecular weight is 260 g/mol. The average Bonchev–Trinajstić information content (AvgIpc) is 2.60. The van der Waals surface area contributed by atoms with Crippen molar-refractivity contribution in [2.45, 2.75) is 39.7 Å². The SMILES string of the molecule is CC(C)CCC(C)N1C(=O)c2cccc(N)c2C1=O. The molecule has 0 aromatic heterocycles. The number of amides is 2. The quantitative estimate of drug-likeness (QED) is 0.668. The van der Waals surface area contributed by atoms with Crippen LogP contribution in [0.1, 0.15) is 54.3 Å². The molecular formula is C15H20N2O2. The number of carbonyl (C=O) groups is 2. The molecule has 1 aliphatic rings. The van der Waals surface area contributed by atoms with Gasteiger partial charge in [-0.3, -0.25) is 14.5 Å². The van der Waals surface area contributed by atoms with Crippen LogP contribution in [0.4, 0.5) is 5.69 Å². The van der Waals surface area contributed by atoms with Gasteiger partial charge in [0.2, 0.25) is 0 Å².